The Morgan fingerprint density at radius 1 is 0.427 bits per heavy atom. The third-order valence-corrected chi connectivity index (χ3v) is 19.7. The van der Waals surface area contributed by atoms with Crippen LogP contribution >= 0.6 is 0 Å². The summed E-state index contributed by atoms with van der Waals surface area (Å²) in [4.78, 5) is 191. The molecule has 25 nitrogen and oxygen atoms in total. The van der Waals surface area contributed by atoms with Crippen molar-refractivity contribution in [1.29, 1.82) is 0 Å². The zero-order chi connectivity index (χ0) is 76.1. The Morgan fingerprint density at radius 3 is 1.28 bits per heavy atom. The van der Waals surface area contributed by atoms with Crippen LogP contribution in [-0.4, -0.2) is 251 Å². The number of amides is 12. The molecule has 12 amide bonds. The van der Waals surface area contributed by atoms with E-state index in [0.29, 0.717) is 48.2 Å². The van der Waals surface area contributed by atoms with Crippen molar-refractivity contribution >= 4 is 70.9 Å². The van der Waals surface area contributed by atoms with Gasteiger partial charge in [-0.25, -0.2) is 0 Å². The van der Waals surface area contributed by atoms with Crippen molar-refractivity contribution in [2.45, 2.75) is 186 Å². The van der Waals surface area contributed by atoms with Crippen LogP contribution in [0.1, 0.15) is 116 Å². The quantitative estimate of drug-likeness (QED) is 0.113. The molecule has 25 heteroatoms. The topological polar surface area (TPSA) is 299 Å². The van der Waals surface area contributed by atoms with Crippen molar-refractivity contribution < 1.29 is 62.6 Å². The molecular formula is C78H110N12O13. The van der Waals surface area contributed by atoms with Crippen LogP contribution in [0.2, 0.25) is 0 Å². The fraction of sp³-hybridized carbons (Fsp3) is 0.538. The summed E-state index contributed by atoms with van der Waals surface area (Å²) in [5, 5.41) is 22.7. The van der Waals surface area contributed by atoms with Crippen molar-refractivity contribution in [2.24, 2.45) is 17.8 Å². The maximum Gasteiger partial charge on any atom is 0.246 e. The highest BCUT2D eigenvalue weighted by Gasteiger charge is 2.44. The van der Waals surface area contributed by atoms with Crippen molar-refractivity contribution in [1.82, 2.24) is 60.5 Å². The first kappa shape index (κ1) is 82.4. The van der Waals surface area contributed by atoms with Gasteiger partial charge in [0.05, 0.1) is 19.1 Å². The molecule has 4 aromatic rings. The summed E-state index contributed by atoms with van der Waals surface area (Å²) in [5.41, 5.74) is 2.50. The lowest BCUT2D eigenvalue weighted by molar-refractivity contribution is -0.152. The molecule has 103 heavy (non-hydrogen) atoms. The first-order valence-electron chi connectivity index (χ1n) is 35.9. The molecule has 2 fully saturated rings. The normalized spacial score (nSPS) is 24.5. The van der Waals surface area contributed by atoms with Crippen molar-refractivity contribution in [3.63, 3.8) is 0 Å². The first-order chi connectivity index (χ1) is 48.7. The summed E-state index contributed by atoms with van der Waals surface area (Å²) in [7, 11) is 9.87. The molecule has 0 bridgehead atoms. The Labute approximate surface area is 607 Å². The van der Waals surface area contributed by atoms with E-state index in [2.05, 4.69) is 21.3 Å². The van der Waals surface area contributed by atoms with E-state index >= 15 is 38.4 Å². The van der Waals surface area contributed by atoms with Gasteiger partial charge in [-0.3, -0.25) is 57.5 Å². The number of likely N-dealkylation sites (tertiary alicyclic amines) is 1. The first-order valence-corrected chi connectivity index (χ1v) is 35.9. The number of rotatable bonds is 15. The molecule has 6 rings (SSSR count). The monoisotopic (exact) mass is 1420 g/mol. The summed E-state index contributed by atoms with van der Waals surface area (Å²) >= 11 is 0. The summed E-state index contributed by atoms with van der Waals surface area (Å²) in [6.07, 6.45) is -0.385. The highest BCUT2D eigenvalue weighted by molar-refractivity contribution is 6.00. The lowest BCUT2D eigenvalue weighted by Crippen LogP contribution is -2.62. The Morgan fingerprint density at radius 2 is 0.835 bits per heavy atom. The molecule has 0 radical (unpaired) electrons. The van der Waals surface area contributed by atoms with Crippen LogP contribution in [0.3, 0.4) is 0 Å². The number of likely N-dealkylation sites (N-methyl/N-ethyl adjacent to an activating group) is 7. The van der Waals surface area contributed by atoms with E-state index in [1.807, 2.05) is 27.7 Å². The Balaban J connectivity index is 1.50. The van der Waals surface area contributed by atoms with E-state index < -0.39 is 156 Å². The number of nitrogens with zero attached hydrogens (tertiary/aromatic N) is 8. The van der Waals surface area contributed by atoms with E-state index in [1.165, 1.54) is 92.6 Å². The number of piperidine rings is 1. The maximum atomic E-state index is 15.5. The van der Waals surface area contributed by atoms with Crippen molar-refractivity contribution in [3.8, 4) is 0 Å². The van der Waals surface area contributed by atoms with E-state index in [1.54, 1.807) is 135 Å². The Kier molecular flexibility index (Phi) is 30.9. The van der Waals surface area contributed by atoms with Crippen LogP contribution in [0.4, 0.5) is 0 Å². The minimum Gasteiger partial charge on any atom is -0.391 e. The molecule has 0 spiro atoms. The number of carbonyl (C=O) groups is 12. The van der Waals surface area contributed by atoms with Gasteiger partial charge in [0.2, 0.25) is 70.9 Å². The largest absolute Gasteiger partial charge is 0.391 e. The standard InChI is InChI=1S/C78H110N12O13/c1-49(2)41-58-74(99)88(14)64(42-50(3)4)77(102)84(10)52(7)73(98)83(9)48-66(93)85(11)61(44-55-33-23-17-24-34-55)69(94)80-59(43-54-31-21-16-22-32-54)75(100)86(12)63(46-57-37-27-19-28-38-57)71(96)82-67(53(8)91)72(97)81-60(76(101)90-39-29-20-30-40-90)47-65(92)89(15)68(51(5)6)78(103)87(13)62(70(95)79-58)45-56-35-25-18-26-36-56/h16-19,21-28,31-38,49-53,58-64,67-68,91H,20,29-30,39-48H2,1-15H3,(H,79,95)(H,80,94)(H,81,97)(H,82,96)/t52-,53+,58-,59-,60-,61-,62-,63-,64-,67-,68-/m0/s1. The number of carbonyl (C=O) groups excluding carboxylic acids is 12. The number of aliphatic hydroxyl groups is 1. The van der Waals surface area contributed by atoms with Gasteiger partial charge in [-0.2, -0.15) is 0 Å². The smallest absolute Gasteiger partial charge is 0.246 e. The predicted octanol–water partition coefficient (Wildman–Crippen LogP) is 3.88. The lowest BCUT2D eigenvalue weighted by atomic mass is 9.96. The Bertz CT molecular complexity index is 3540. The van der Waals surface area contributed by atoms with Crippen LogP contribution in [0.5, 0.6) is 0 Å². The average Bonchev–Trinajstić information content (AvgIpc) is 0.819. The fourth-order valence-corrected chi connectivity index (χ4v) is 13.3. The molecule has 0 aliphatic carbocycles. The van der Waals surface area contributed by atoms with E-state index in [0.717, 1.165) is 16.2 Å². The average molecular weight is 1420 g/mol. The number of benzene rings is 4. The molecular weight excluding hydrogens is 1310 g/mol. The highest BCUT2D eigenvalue weighted by Crippen LogP contribution is 2.24. The number of hydrogen-bond donors (Lipinski definition) is 5. The third kappa shape index (κ3) is 22.7. The molecule has 5 N–H and O–H groups in total. The molecule has 4 aromatic carbocycles. The molecule has 2 aliphatic heterocycles. The van der Waals surface area contributed by atoms with Crippen LogP contribution in [0.25, 0.3) is 0 Å². The lowest BCUT2D eigenvalue weighted by Gasteiger charge is -2.38. The molecule has 0 unspecified atom stereocenters. The van der Waals surface area contributed by atoms with Crippen LogP contribution in [0, 0.1) is 17.8 Å². The number of hydrogen-bond acceptors (Lipinski definition) is 13. The second-order valence-corrected chi connectivity index (χ2v) is 28.9. The Hall–Kier alpha value is -9.52. The maximum absolute atomic E-state index is 15.5. The van der Waals surface area contributed by atoms with Gasteiger partial charge in [-0.1, -0.05) is 163 Å². The summed E-state index contributed by atoms with van der Waals surface area (Å²) in [6, 6.07) is 21.5. The summed E-state index contributed by atoms with van der Waals surface area (Å²) in [5.74, 6) is -9.84. The van der Waals surface area contributed by atoms with Gasteiger partial charge in [0.15, 0.2) is 0 Å². The summed E-state index contributed by atoms with van der Waals surface area (Å²) in [6.45, 7) is 13.7. The van der Waals surface area contributed by atoms with Gasteiger partial charge in [-0.05, 0) is 86.0 Å². The van der Waals surface area contributed by atoms with Gasteiger partial charge in [0.25, 0.3) is 0 Å². The molecule has 2 aliphatic rings. The zero-order valence-corrected chi connectivity index (χ0v) is 62.7. The molecule has 560 valence electrons. The van der Waals surface area contributed by atoms with Crippen molar-refractivity contribution in [3.05, 3.63) is 144 Å². The molecule has 11 atom stereocenters. The molecule has 2 saturated heterocycles. The molecule has 0 aromatic heterocycles. The number of nitrogens with one attached hydrogen (secondary N) is 4. The minimum atomic E-state index is -1.81. The predicted molar refractivity (Wildman–Crippen MR) is 391 cm³/mol. The van der Waals surface area contributed by atoms with Crippen LogP contribution in [0.15, 0.2) is 121 Å². The van der Waals surface area contributed by atoms with Gasteiger partial charge >= 0.3 is 0 Å². The number of aliphatic hydroxyl groups excluding tert-OH is 1. The van der Waals surface area contributed by atoms with E-state index in [4.69, 9.17) is 0 Å². The second kappa shape index (κ2) is 38.7. The third-order valence-electron chi connectivity index (χ3n) is 19.7. The zero-order valence-electron chi connectivity index (χ0n) is 62.7. The van der Waals surface area contributed by atoms with Gasteiger partial charge in [0, 0.05) is 88.1 Å². The van der Waals surface area contributed by atoms with E-state index in [-0.39, 0.29) is 50.4 Å². The van der Waals surface area contributed by atoms with Gasteiger partial charge in [0.1, 0.15) is 60.4 Å². The van der Waals surface area contributed by atoms with Gasteiger partial charge < -0.3 is 65.6 Å². The summed E-state index contributed by atoms with van der Waals surface area (Å²) < 4.78 is 0. The second-order valence-electron chi connectivity index (χ2n) is 28.9. The van der Waals surface area contributed by atoms with Crippen LogP contribution in [-0.2, 0) is 83.2 Å². The molecule has 2 heterocycles. The fourth-order valence-electron chi connectivity index (χ4n) is 13.3. The highest BCUT2D eigenvalue weighted by atomic mass is 16.3. The van der Waals surface area contributed by atoms with Crippen molar-refractivity contribution in [2.75, 3.05) is 69.0 Å². The minimum absolute atomic E-state index is 0.0469. The van der Waals surface area contributed by atoms with Crippen LogP contribution < -0.4 is 21.3 Å². The molecule has 0 saturated carbocycles. The van der Waals surface area contributed by atoms with Gasteiger partial charge in [-0.15, -0.1) is 0 Å². The SMILES string of the molecule is CC(C)C[C@@H]1NC(=O)[C@H](Cc2ccccc2)N(C)C(=O)[C@H](C(C)C)N(C)C(=O)C[C@@H](C(=O)N2CCCCC2)NC(=O)[C@H]([C@@H](C)O)NC(=O)[C@H](Cc2ccccc2)N(C)C(=O)[C@H](Cc2ccccc2)NC(=O)[C@H](Cc2ccccc2)N(C)C(=O)CN(C)C(=O)[C@H](C)N(C)C(=O)[C@H](CC(C)C)N(C)C1=O. The van der Waals surface area contributed by atoms with E-state index in [9.17, 15) is 24.3 Å².